The number of aryl methyl sites for hydroxylation is 2. The van der Waals surface area contributed by atoms with E-state index in [4.69, 9.17) is 5.11 Å². The molecule has 2 aromatic rings. The topological polar surface area (TPSA) is 88.9 Å². The van der Waals surface area contributed by atoms with Gasteiger partial charge in [0, 0.05) is 24.3 Å². The number of nitrogens with zero attached hydrogens (tertiary/aromatic N) is 4. The van der Waals surface area contributed by atoms with E-state index >= 15 is 0 Å². The van der Waals surface area contributed by atoms with Crippen molar-refractivity contribution in [2.75, 3.05) is 0 Å². The van der Waals surface area contributed by atoms with Crippen LogP contribution in [0.4, 0.5) is 0 Å². The summed E-state index contributed by atoms with van der Waals surface area (Å²) >= 11 is 0. The van der Waals surface area contributed by atoms with E-state index in [1.165, 1.54) is 0 Å². The summed E-state index contributed by atoms with van der Waals surface area (Å²) in [7, 11) is 0. The van der Waals surface area contributed by atoms with Crippen LogP contribution in [-0.2, 0) is 17.6 Å². The van der Waals surface area contributed by atoms with Gasteiger partial charge in [-0.05, 0) is 37.3 Å². The minimum absolute atomic E-state index is 0.326. The lowest BCUT2D eigenvalue weighted by atomic mass is 9.87. The summed E-state index contributed by atoms with van der Waals surface area (Å²) < 4.78 is 0. The molecule has 2 heterocycles. The Bertz CT molecular complexity index is 655. The Morgan fingerprint density at radius 2 is 1.90 bits per heavy atom. The summed E-state index contributed by atoms with van der Waals surface area (Å²) in [6, 6.07) is 0. The van der Waals surface area contributed by atoms with Crippen molar-refractivity contribution in [1.82, 2.24) is 19.9 Å². The Hall–Kier alpha value is -2.37. The molecule has 1 aliphatic carbocycles. The third-order valence-electron chi connectivity index (χ3n) is 3.48. The minimum Gasteiger partial charge on any atom is -0.481 e. The average molecular weight is 270 g/mol. The van der Waals surface area contributed by atoms with Crippen molar-refractivity contribution in [3.05, 3.63) is 35.4 Å². The van der Waals surface area contributed by atoms with E-state index in [-0.39, 0.29) is 5.92 Å². The highest BCUT2D eigenvalue weighted by Crippen LogP contribution is 2.25. The van der Waals surface area contributed by atoms with Crippen LogP contribution >= 0.6 is 0 Å². The Morgan fingerprint density at radius 3 is 2.60 bits per heavy atom. The van der Waals surface area contributed by atoms with Crippen LogP contribution < -0.4 is 0 Å². The van der Waals surface area contributed by atoms with E-state index < -0.39 is 5.97 Å². The quantitative estimate of drug-likeness (QED) is 0.888. The molecule has 0 amide bonds. The number of aromatic nitrogens is 4. The fourth-order valence-corrected chi connectivity index (χ4v) is 2.33. The maximum absolute atomic E-state index is 11.0. The smallest absolute Gasteiger partial charge is 0.306 e. The van der Waals surface area contributed by atoms with Crippen LogP contribution in [0.1, 0.15) is 23.2 Å². The number of aliphatic carboxylic acids is 1. The van der Waals surface area contributed by atoms with Gasteiger partial charge < -0.3 is 5.11 Å². The predicted octanol–water partition coefficient (Wildman–Crippen LogP) is 1.43. The summed E-state index contributed by atoms with van der Waals surface area (Å²) in [6.07, 6.45) is 6.94. The highest BCUT2D eigenvalue weighted by Gasteiger charge is 2.25. The molecule has 0 aromatic carbocycles. The Balaban J connectivity index is 1.91. The van der Waals surface area contributed by atoms with Gasteiger partial charge in [0.15, 0.2) is 11.6 Å². The molecule has 20 heavy (non-hydrogen) atoms. The first-order valence-corrected chi connectivity index (χ1v) is 6.50. The molecule has 2 aromatic heterocycles. The first kappa shape index (κ1) is 12.7. The van der Waals surface area contributed by atoms with Crippen LogP contribution in [-0.4, -0.2) is 31.0 Å². The maximum Gasteiger partial charge on any atom is 0.306 e. The third-order valence-corrected chi connectivity index (χ3v) is 3.48. The van der Waals surface area contributed by atoms with Gasteiger partial charge in [-0.3, -0.25) is 4.79 Å². The molecule has 0 bridgehead atoms. The molecule has 0 radical (unpaired) electrons. The molecule has 0 spiro atoms. The molecule has 1 atom stereocenters. The summed E-state index contributed by atoms with van der Waals surface area (Å²) in [6.45, 7) is 1.92. The number of carbonyl (C=O) groups is 1. The highest BCUT2D eigenvalue weighted by atomic mass is 16.4. The number of fused-ring (bicyclic) bond motifs is 1. The summed E-state index contributed by atoms with van der Waals surface area (Å²) in [5.41, 5.74) is 2.81. The molecule has 1 unspecified atom stereocenters. The fourth-order valence-electron chi connectivity index (χ4n) is 2.33. The minimum atomic E-state index is -0.749. The van der Waals surface area contributed by atoms with E-state index in [1.807, 2.05) is 6.92 Å². The van der Waals surface area contributed by atoms with E-state index in [9.17, 15) is 4.79 Å². The predicted molar refractivity (Wildman–Crippen MR) is 70.9 cm³/mol. The number of rotatable bonds is 2. The molecular formula is C14H14N4O2. The number of hydrogen-bond donors (Lipinski definition) is 1. The zero-order chi connectivity index (χ0) is 14.1. The second kappa shape index (κ2) is 4.96. The lowest BCUT2D eigenvalue weighted by Gasteiger charge is -2.20. The van der Waals surface area contributed by atoms with Crippen LogP contribution in [0.5, 0.6) is 0 Å². The summed E-state index contributed by atoms with van der Waals surface area (Å²) in [5, 5.41) is 9.06. The molecular weight excluding hydrogens is 256 g/mol. The molecule has 0 saturated carbocycles. The lowest BCUT2D eigenvalue weighted by Crippen LogP contribution is -2.23. The SMILES string of the molecule is Cc1cnc(-c2ncc3c(n2)CCC(C(=O)O)C3)nc1. The monoisotopic (exact) mass is 270 g/mol. The number of hydrogen-bond acceptors (Lipinski definition) is 5. The lowest BCUT2D eigenvalue weighted by molar-refractivity contribution is -0.142. The molecule has 6 nitrogen and oxygen atoms in total. The van der Waals surface area contributed by atoms with Crippen molar-refractivity contribution < 1.29 is 9.90 Å². The average Bonchev–Trinajstić information content (AvgIpc) is 2.47. The number of carboxylic acids is 1. The van der Waals surface area contributed by atoms with Gasteiger partial charge in [0.05, 0.1) is 5.92 Å². The fraction of sp³-hybridized carbons (Fsp3) is 0.357. The molecule has 3 rings (SSSR count). The van der Waals surface area contributed by atoms with Crippen LogP contribution in [0, 0.1) is 12.8 Å². The van der Waals surface area contributed by atoms with E-state index in [2.05, 4.69) is 19.9 Å². The van der Waals surface area contributed by atoms with E-state index in [1.54, 1.807) is 18.6 Å². The Labute approximate surface area is 116 Å². The molecule has 0 fully saturated rings. The zero-order valence-corrected chi connectivity index (χ0v) is 11.1. The molecule has 1 aliphatic rings. The molecule has 1 N–H and O–H groups in total. The van der Waals surface area contributed by atoms with Gasteiger partial charge in [-0.1, -0.05) is 0 Å². The van der Waals surface area contributed by atoms with Gasteiger partial charge in [0.2, 0.25) is 0 Å². The number of carboxylic acid groups (broad SMARTS) is 1. The third kappa shape index (κ3) is 2.36. The normalized spacial score (nSPS) is 17.6. The van der Waals surface area contributed by atoms with Gasteiger partial charge in [0.1, 0.15) is 0 Å². The van der Waals surface area contributed by atoms with Crippen molar-refractivity contribution >= 4 is 5.97 Å². The van der Waals surface area contributed by atoms with Crippen LogP contribution in [0.2, 0.25) is 0 Å². The first-order chi connectivity index (χ1) is 9.63. The van der Waals surface area contributed by atoms with Crippen LogP contribution in [0.15, 0.2) is 18.6 Å². The van der Waals surface area contributed by atoms with Crippen molar-refractivity contribution in [3.63, 3.8) is 0 Å². The first-order valence-electron chi connectivity index (χ1n) is 6.50. The zero-order valence-electron chi connectivity index (χ0n) is 11.1. The molecule has 0 aliphatic heterocycles. The van der Waals surface area contributed by atoms with Crippen molar-refractivity contribution in [3.8, 4) is 11.6 Å². The Morgan fingerprint density at radius 1 is 1.20 bits per heavy atom. The van der Waals surface area contributed by atoms with Crippen molar-refractivity contribution in [2.24, 2.45) is 5.92 Å². The van der Waals surface area contributed by atoms with Crippen molar-refractivity contribution in [1.29, 1.82) is 0 Å². The van der Waals surface area contributed by atoms with Crippen molar-refractivity contribution in [2.45, 2.75) is 26.2 Å². The largest absolute Gasteiger partial charge is 0.481 e. The van der Waals surface area contributed by atoms with E-state index in [0.29, 0.717) is 30.9 Å². The van der Waals surface area contributed by atoms with Crippen LogP contribution in [0.25, 0.3) is 11.6 Å². The van der Waals surface area contributed by atoms with Gasteiger partial charge in [-0.2, -0.15) is 0 Å². The van der Waals surface area contributed by atoms with Gasteiger partial charge >= 0.3 is 5.97 Å². The maximum atomic E-state index is 11.0. The van der Waals surface area contributed by atoms with Gasteiger partial charge in [0.25, 0.3) is 0 Å². The molecule has 0 saturated heterocycles. The second-order valence-corrected chi connectivity index (χ2v) is 5.03. The van der Waals surface area contributed by atoms with Crippen LogP contribution in [0.3, 0.4) is 0 Å². The summed E-state index contributed by atoms with van der Waals surface area (Å²) in [4.78, 5) is 28.2. The molecule has 6 heteroatoms. The highest BCUT2D eigenvalue weighted by molar-refractivity contribution is 5.70. The van der Waals surface area contributed by atoms with E-state index in [0.717, 1.165) is 16.8 Å². The van der Waals surface area contributed by atoms with Gasteiger partial charge in [-0.15, -0.1) is 0 Å². The second-order valence-electron chi connectivity index (χ2n) is 5.03. The standard InChI is InChI=1S/C14H14N4O2/c1-8-5-15-12(16-6-8)13-17-7-10-4-9(14(19)20)2-3-11(10)18-13/h5-7,9H,2-4H2,1H3,(H,19,20). The Kier molecular flexibility index (Phi) is 3.14. The summed E-state index contributed by atoms with van der Waals surface area (Å²) in [5.74, 6) is -0.0783. The molecule has 102 valence electrons. The van der Waals surface area contributed by atoms with Gasteiger partial charge in [-0.25, -0.2) is 19.9 Å².